The summed E-state index contributed by atoms with van der Waals surface area (Å²) in [6.45, 7) is 7.41. The van der Waals surface area contributed by atoms with Gasteiger partial charge in [0.25, 0.3) is 5.91 Å². The fourth-order valence-electron chi connectivity index (χ4n) is 3.11. The van der Waals surface area contributed by atoms with Crippen molar-refractivity contribution in [2.45, 2.75) is 26.1 Å². The highest BCUT2D eigenvalue weighted by molar-refractivity contribution is 6.09. The maximum Gasteiger partial charge on any atom is 0.490 e. The van der Waals surface area contributed by atoms with Crippen LogP contribution in [0, 0.1) is 12.8 Å². The number of hydrogen-bond acceptors (Lipinski definition) is 7. The molecule has 0 spiro atoms. The molecule has 1 aromatic carbocycles. The van der Waals surface area contributed by atoms with Crippen molar-refractivity contribution in [3.63, 3.8) is 0 Å². The Bertz CT molecular complexity index is 870. The number of aliphatic carboxylic acids is 1. The van der Waals surface area contributed by atoms with Crippen LogP contribution < -0.4 is 25.7 Å². The van der Waals surface area contributed by atoms with Crippen LogP contribution in [0.15, 0.2) is 17.2 Å². The van der Waals surface area contributed by atoms with Crippen LogP contribution in [0.2, 0.25) is 0 Å². The third-order valence-electron chi connectivity index (χ3n) is 4.95. The molecule has 1 atom stereocenters. The van der Waals surface area contributed by atoms with Gasteiger partial charge in [-0.1, -0.05) is 0 Å². The molecule has 0 aromatic heterocycles. The zero-order valence-corrected chi connectivity index (χ0v) is 16.3. The van der Waals surface area contributed by atoms with Crippen molar-refractivity contribution >= 4 is 29.1 Å². The number of anilines is 2. The number of halogens is 3. The first-order valence-electron chi connectivity index (χ1n) is 9.25. The number of hydrazone groups is 1. The molecule has 3 aliphatic rings. The third kappa shape index (κ3) is 4.58. The van der Waals surface area contributed by atoms with Crippen LogP contribution in [0.4, 0.5) is 24.5 Å². The molecule has 1 unspecified atom stereocenters. The van der Waals surface area contributed by atoms with Crippen molar-refractivity contribution in [3.8, 4) is 5.75 Å². The maximum absolute atomic E-state index is 11.9. The lowest BCUT2D eigenvalue weighted by molar-refractivity contribution is -0.192. The molecular weight excluding hydrogens is 407 g/mol. The molecule has 0 radical (unpaired) electrons. The van der Waals surface area contributed by atoms with E-state index in [0.717, 1.165) is 48.2 Å². The molecule has 4 rings (SSSR count). The Morgan fingerprint density at radius 3 is 2.63 bits per heavy atom. The summed E-state index contributed by atoms with van der Waals surface area (Å²) in [6, 6.07) is 3.81. The van der Waals surface area contributed by atoms with Crippen LogP contribution in [0.3, 0.4) is 0 Å². The summed E-state index contributed by atoms with van der Waals surface area (Å²) >= 11 is 0. The summed E-state index contributed by atoms with van der Waals surface area (Å²) in [7, 11) is 0. The second kappa shape index (κ2) is 8.38. The standard InChI is InChI=1S/C16H21N5O2.C2HF3O2/c1-9-3-14-13(4-12(9)18-7-11-5-17-6-11)21-10(2)16(22)20-19-15(21)8-23-14;3-2(4,5)1(6)7/h3-4,10-11,17-18H,5-8H2,1-2H3,(H,20,22);(H,6,7). The Kier molecular flexibility index (Phi) is 6.06. The minimum atomic E-state index is -5.08. The molecule has 1 amide bonds. The van der Waals surface area contributed by atoms with Crippen LogP contribution in [-0.2, 0) is 9.59 Å². The van der Waals surface area contributed by atoms with Gasteiger partial charge in [0.2, 0.25) is 0 Å². The number of carbonyl (C=O) groups excluding carboxylic acids is 1. The van der Waals surface area contributed by atoms with Gasteiger partial charge in [0.05, 0.1) is 5.69 Å². The summed E-state index contributed by atoms with van der Waals surface area (Å²) in [4.78, 5) is 22.8. The highest BCUT2D eigenvalue weighted by Gasteiger charge is 2.38. The van der Waals surface area contributed by atoms with E-state index in [1.807, 2.05) is 17.9 Å². The second-order valence-electron chi connectivity index (χ2n) is 7.18. The van der Waals surface area contributed by atoms with Gasteiger partial charge in [-0.15, -0.1) is 0 Å². The van der Waals surface area contributed by atoms with Gasteiger partial charge < -0.3 is 25.4 Å². The molecule has 1 aromatic rings. The largest absolute Gasteiger partial charge is 0.490 e. The van der Waals surface area contributed by atoms with Gasteiger partial charge in [-0.3, -0.25) is 4.79 Å². The number of benzene rings is 1. The van der Waals surface area contributed by atoms with Crippen molar-refractivity contribution in [2.24, 2.45) is 11.0 Å². The lowest BCUT2D eigenvalue weighted by Gasteiger charge is -2.38. The Balaban J connectivity index is 0.000000318. The Labute approximate surface area is 170 Å². The van der Waals surface area contributed by atoms with E-state index in [2.05, 4.69) is 34.2 Å². The van der Waals surface area contributed by atoms with Gasteiger partial charge in [-0.2, -0.15) is 18.3 Å². The van der Waals surface area contributed by atoms with Gasteiger partial charge in [-0.25, -0.2) is 10.2 Å². The monoisotopic (exact) mass is 429 g/mol. The molecule has 0 aliphatic carbocycles. The van der Waals surface area contributed by atoms with Crippen LogP contribution in [0.25, 0.3) is 0 Å². The van der Waals surface area contributed by atoms with Crippen molar-refractivity contribution < 1.29 is 32.6 Å². The number of aryl methyl sites for hydroxylation is 1. The smallest absolute Gasteiger partial charge is 0.483 e. The van der Waals surface area contributed by atoms with Crippen LogP contribution >= 0.6 is 0 Å². The quantitative estimate of drug-likeness (QED) is 0.572. The molecule has 3 aliphatic heterocycles. The molecule has 0 saturated carbocycles. The highest BCUT2D eigenvalue weighted by Crippen LogP contribution is 2.38. The molecule has 9 nitrogen and oxygen atoms in total. The summed E-state index contributed by atoms with van der Waals surface area (Å²) in [6.07, 6.45) is -5.08. The molecule has 4 N–H and O–H groups in total. The van der Waals surface area contributed by atoms with Crippen LogP contribution in [0.5, 0.6) is 5.75 Å². The van der Waals surface area contributed by atoms with Gasteiger partial charge in [0, 0.05) is 31.2 Å². The first-order chi connectivity index (χ1) is 14.1. The zero-order chi connectivity index (χ0) is 22.1. The number of fused-ring (bicyclic) bond motifs is 3. The molecule has 1 saturated heterocycles. The van der Waals surface area contributed by atoms with Crippen molar-refractivity contribution in [2.75, 3.05) is 36.5 Å². The van der Waals surface area contributed by atoms with Crippen LogP contribution in [0.1, 0.15) is 12.5 Å². The van der Waals surface area contributed by atoms with E-state index in [1.54, 1.807) is 0 Å². The fourth-order valence-corrected chi connectivity index (χ4v) is 3.11. The minimum Gasteiger partial charge on any atom is -0.483 e. The number of carbonyl (C=O) groups is 2. The number of nitrogens with one attached hydrogen (secondary N) is 3. The number of hydrogen-bond donors (Lipinski definition) is 4. The second-order valence-corrected chi connectivity index (χ2v) is 7.18. The van der Waals surface area contributed by atoms with E-state index < -0.39 is 12.1 Å². The van der Waals surface area contributed by atoms with E-state index in [-0.39, 0.29) is 11.9 Å². The van der Waals surface area contributed by atoms with E-state index in [4.69, 9.17) is 14.6 Å². The lowest BCUT2D eigenvalue weighted by atomic mass is 10.0. The predicted molar refractivity (Wildman–Crippen MR) is 103 cm³/mol. The van der Waals surface area contributed by atoms with E-state index in [0.29, 0.717) is 12.5 Å². The first-order valence-corrected chi connectivity index (χ1v) is 9.25. The lowest BCUT2D eigenvalue weighted by Crippen LogP contribution is -2.55. The Morgan fingerprint density at radius 2 is 2.07 bits per heavy atom. The number of rotatable bonds is 3. The van der Waals surface area contributed by atoms with E-state index >= 15 is 0 Å². The molecule has 0 bridgehead atoms. The number of ether oxygens (including phenoxy) is 1. The van der Waals surface area contributed by atoms with E-state index in [9.17, 15) is 18.0 Å². The Hall–Kier alpha value is -3.02. The molecule has 1 fully saturated rings. The van der Waals surface area contributed by atoms with Gasteiger partial charge >= 0.3 is 12.1 Å². The van der Waals surface area contributed by atoms with Crippen molar-refractivity contribution in [3.05, 3.63) is 17.7 Å². The number of amides is 1. The summed E-state index contributed by atoms with van der Waals surface area (Å²) in [5.74, 6) is -0.635. The number of amidine groups is 1. The summed E-state index contributed by atoms with van der Waals surface area (Å²) in [5.41, 5.74) is 5.67. The topological polar surface area (TPSA) is 115 Å². The number of carboxylic acid groups (broad SMARTS) is 1. The zero-order valence-electron chi connectivity index (χ0n) is 16.3. The average Bonchev–Trinajstić information content (AvgIpc) is 2.63. The normalized spacial score (nSPS) is 20.3. The molecule has 3 heterocycles. The molecular formula is C18H22F3N5O4. The molecule has 12 heteroatoms. The fraction of sp³-hybridized carbons (Fsp3) is 0.500. The summed E-state index contributed by atoms with van der Waals surface area (Å²) in [5, 5.41) is 18.1. The SMILES string of the molecule is Cc1cc2c(cc1NCC1CNC1)N1C(=NNC(=O)C1C)CO2.O=C(O)C(F)(F)F. The minimum absolute atomic E-state index is 0.0998. The van der Waals surface area contributed by atoms with Crippen molar-refractivity contribution in [1.82, 2.24) is 10.7 Å². The van der Waals surface area contributed by atoms with Gasteiger partial charge in [0.1, 0.15) is 18.4 Å². The highest BCUT2D eigenvalue weighted by atomic mass is 19.4. The average molecular weight is 429 g/mol. The van der Waals surface area contributed by atoms with Gasteiger partial charge in [0.15, 0.2) is 5.84 Å². The van der Waals surface area contributed by atoms with E-state index in [1.165, 1.54) is 0 Å². The number of alkyl halides is 3. The number of carboxylic acids is 1. The number of nitrogens with zero attached hydrogens (tertiary/aromatic N) is 2. The predicted octanol–water partition coefficient (Wildman–Crippen LogP) is 1.29. The Morgan fingerprint density at radius 1 is 1.40 bits per heavy atom. The first kappa shape index (κ1) is 21.7. The maximum atomic E-state index is 11.9. The third-order valence-corrected chi connectivity index (χ3v) is 4.95. The van der Waals surface area contributed by atoms with Crippen LogP contribution in [-0.4, -0.2) is 61.3 Å². The van der Waals surface area contributed by atoms with Gasteiger partial charge in [-0.05, 0) is 31.5 Å². The molecule has 30 heavy (non-hydrogen) atoms. The van der Waals surface area contributed by atoms with Crippen molar-refractivity contribution in [1.29, 1.82) is 0 Å². The summed E-state index contributed by atoms with van der Waals surface area (Å²) < 4.78 is 37.5. The molecule has 164 valence electrons.